The van der Waals surface area contributed by atoms with Crippen molar-refractivity contribution in [2.45, 2.75) is 30.9 Å². The SMILES string of the molecule is CN(CC1CCN(c2ccncn2)CC1)S(=O)(=O)C1CC1. The van der Waals surface area contributed by atoms with E-state index in [1.165, 1.54) is 0 Å². The molecule has 6 nitrogen and oxygen atoms in total. The predicted molar refractivity (Wildman–Crippen MR) is 81.5 cm³/mol. The molecule has 1 aromatic rings. The Morgan fingerprint density at radius 3 is 2.57 bits per heavy atom. The van der Waals surface area contributed by atoms with E-state index in [0.717, 1.165) is 44.6 Å². The Kier molecular flexibility index (Phi) is 4.12. The summed E-state index contributed by atoms with van der Waals surface area (Å²) in [7, 11) is -1.31. The van der Waals surface area contributed by atoms with Gasteiger partial charge in [-0.1, -0.05) is 0 Å². The van der Waals surface area contributed by atoms with Gasteiger partial charge in [0, 0.05) is 32.9 Å². The Balaban J connectivity index is 1.52. The molecule has 3 rings (SSSR count). The average Bonchev–Trinajstić information content (AvgIpc) is 3.34. The first-order chi connectivity index (χ1) is 10.1. The molecule has 1 saturated heterocycles. The van der Waals surface area contributed by atoms with E-state index in [0.29, 0.717) is 12.5 Å². The van der Waals surface area contributed by atoms with Crippen molar-refractivity contribution < 1.29 is 8.42 Å². The third-order valence-electron chi connectivity index (χ3n) is 4.40. The number of piperidine rings is 1. The first-order valence-electron chi connectivity index (χ1n) is 7.53. The van der Waals surface area contributed by atoms with Gasteiger partial charge in [0.25, 0.3) is 0 Å². The molecule has 1 aliphatic heterocycles. The second-order valence-electron chi connectivity index (χ2n) is 6.02. The topological polar surface area (TPSA) is 66.4 Å². The van der Waals surface area contributed by atoms with E-state index in [-0.39, 0.29) is 5.25 Å². The number of nitrogens with zero attached hydrogens (tertiary/aromatic N) is 4. The van der Waals surface area contributed by atoms with Crippen LogP contribution in [-0.4, -0.2) is 54.6 Å². The molecule has 1 aromatic heterocycles. The second kappa shape index (κ2) is 5.88. The molecule has 0 spiro atoms. The van der Waals surface area contributed by atoms with Gasteiger partial charge in [-0.25, -0.2) is 22.7 Å². The highest BCUT2D eigenvalue weighted by atomic mass is 32.2. The Labute approximate surface area is 126 Å². The molecule has 1 saturated carbocycles. The van der Waals surface area contributed by atoms with Gasteiger partial charge in [-0.3, -0.25) is 0 Å². The fourth-order valence-electron chi connectivity index (χ4n) is 2.90. The smallest absolute Gasteiger partial charge is 0.216 e. The zero-order chi connectivity index (χ0) is 14.9. The fourth-order valence-corrected chi connectivity index (χ4v) is 4.56. The van der Waals surface area contributed by atoms with E-state index in [2.05, 4.69) is 14.9 Å². The Morgan fingerprint density at radius 1 is 1.29 bits per heavy atom. The monoisotopic (exact) mass is 310 g/mol. The molecule has 0 aromatic carbocycles. The summed E-state index contributed by atoms with van der Waals surface area (Å²) >= 11 is 0. The summed E-state index contributed by atoms with van der Waals surface area (Å²) in [6.07, 6.45) is 7.00. The summed E-state index contributed by atoms with van der Waals surface area (Å²) in [5.74, 6) is 1.41. The quantitative estimate of drug-likeness (QED) is 0.815. The molecule has 2 aliphatic rings. The number of aromatic nitrogens is 2. The first kappa shape index (κ1) is 14.7. The van der Waals surface area contributed by atoms with Gasteiger partial charge in [0.1, 0.15) is 12.1 Å². The van der Waals surface area contributed by atoms with E-state index in [1.54, 1.807) is 23.9 Å². The maximum atomic E-state index is 12.2. The summed E-state index contributed by atoms with van der Waals surface area (Å²) in [5.41, 5.74) is 0. The van der Waals surface area contributed by atoms with Gasteiger partial charge in [-0.05, 0) is 37.7 Å². The van der Waals surface area contributed by atoms with Crippen LogP contribution in [0.4, 0.5) is 5.82 Å². The molecule has 0 atom stereocenters. The molecule has 0 bridgehead atoms. The minimum Gasteiger partial charge on any atom is -0.357 e. The number of sulfonamides is 1. The molecule has 116 valence electrons. The highest BCUT2D eigenvalue weighted by Gasteiger charge is 2.39. The summed E-state index contributed by atoms with van der Waals surface area (Å²) in [6.45, 7) is 2.51. The van der Waals surface area contributed by atoms with Gasteiger partial charge in [0.05, 0.1) is 5.25 Å². The van der Waals surface area contributed by atoms with Crippen LogP contribution in [0.15, 0.2) is 18.6 Å². The van der Waals surface area contributed by atoms with Crippen molar-refractivity contribution in [1.82, 2.24) is 14.3 Å². The fraction of sp³-hybridized carbons (Fsp3) is 0.714. The van der Waals surface area contributed by atoms with Crippen LogP contribution in [0.3, 0.4) is 0 Å². The second-order valence-corrected chi connectivity index (χ2v) is 8.34. The molecule has 0 amide bonds. The maximum absolute atomic E-state index is 12.2. The molecule has 0 radical (unpaired) electrons. The molecule has 1 aliphatic carbocycles. The summed E-state index contributed by atoms with van der Waals surface area (Å²) in [4.78, 5) is 10.4. The van der Waals surface area contributed by atoms with E-state index < -0.39 is 10.0 Å². The molecule has 2 fully saturated rings. The van der Waals surface area contributed by atoms with Crippen LogP contribution in [0.25, 0.3) is 0 Å². The maximum Gasteiger partial charge on any atom is 0.216 e. The van der Waals surface area contributed by atoms with Gasteiger partial charge in [0.15, 0.2) is 0 Å². The van der Waals surface area contributed by atoms with E-state index in [1.807, 2.05) is 6.07 Å². The molecule has 7 heteroatoms. The van der Waals surface area contributed by atoms with Gasteiger partial charge < -0.3 is 4.90 Å². The Morgan fingerprint density at radius 2 is 2.00 bits per heavy atom. The lowest BCUT2D eigenvalue weighted by Crippen LogP contribution is -2.40. The minimum atomic E-state index is -3.03. The molecule has 0 N–H and O–H groups in total. The third kappa shape index (κ3) is 3.35. The Bertz CT molecular complexity index is 566. The summed E-state index contributed by atoms with van der Waals surface area (Å²) in [6, 6.07) is 1.92. The molecule has 0 unspecified atom stereocenters. The molecule has 21 heavy (non-hydrogen) atoms. The zero-order valence-corrected chi connectivity index (χ0v) is 13.2. The van der Waals surface area contributed by atoms with Crippen LogP contribution in [0, 0.1) is 5.92 Å². The Hall–Kier alpha value is -1.21. The van der Waals surface area contributed by atoms with Crippen LogP contribution in [0.5, 0.6) is 0 Å². The highest BCUT2D eigenvalue weighted by Crippen LogP contribution is 2.31. The highest BCUT2D eigenvalue weighted by molar-refractivity contribution is 7.90. The van der Waals surface area contributed by atoms with Gasteiger partial charge in [0.2, 0.25) is 10.0 Å². The lowest BCUT2D eigenvalue weighted by atomic mass is 9.97. The van der Waals surface area contributed by atoms with Crippen molar-refractivity contribution in [3.8, 4) is 0 Å². The average molecular weight is 310 g/mol. The molecular formula is C14H22N4O2S. The van der Waals surface area contributed by atoms with Gasteiger partial charge >= 0.3 is 0 Å². The first-order valence-corrected chi connectivity index (χ1v) is 9.04. The number of rotatable bonds is 5. The van der Waals surface area contributed by atoms with Gasteiger partial charge in [-0.15, -0.1) is 0 Å². The van der Waals surface area contributed by atoms with E-state index >= 15 is 0 Å². The zero-order valence-electron chi connectivity index (χ0n) is 12.4. The van der Waals surface area contributed by atoms with E-state index in [9.17, 15) is 8.42 Å². The van der Waals surface area contributed by atoms with Crippen LogP contribution in [-0.2, 0) is 10.0 Å². The lowest BCUT2D eigenvalue weighted by molar-refractivity contribution is 0.327. The third-order valence-corrected chi connectivity index (χ3v) is 6.73. The molecule has 2 heterocycles. The van der Waals surface area contributed by atoms with Crippen molar-refractivity contribution in [1.29, 1.82) is 0 Å². The lowest BCUT2D eigenvalue weighted by Gasteiger charge is -2.34. The van der Waals surface area contributed by atoms with Crippen LogP contribution < -0.4 is 4.90 Å². The normalized spacial score (nSPS) is 21.0. The summed E-state index contributed by atoms with van der Waals surface area (Å²) in [5, 5.41) is -0.108. The van der Waals surface area contributed by atoms with Crippen molar-refractivity contribution in [2.75, 3.05) is 31.6 Å². The number of hydrogen-bond acceptors (Lipinski definition) is 5. The van der Waals surface area contributed by atoms with Crippen molar-refractivity contribution >= 4 is 15.8 Å². The standard InChI is InChI=1S/C14H22N4O2S/c1-17(21(19,20)13-2-3-13)10-12-5-8-18(9-6-12)14-4-7-15-11-16-14/h4,7,11-13H,2-3,5-6,8-10H2,1H3. The van der Waals surface area contributed by atoms with Crippen LogP contribution in [0.1, 0.15) is 25.7 Å². The molecular weight excluding hydrogens is 288 g/mol. The van der Waals surface area contributed by atoms with Crippen molar-refractivity contribution in [3.05, 3.63) is 18.6 Å². The summed E-state index contributed by atoms with van der Waals surface area (Å²) < 4.78 is 25.9. The van der Waals surface area contributed by atoms with Gasteiger partial charge in [-0.2, -0.15) is 0 Å². The van der Waals surface area contributed by atoms with Crippen molar-refractivity contribution in [3.63, 3.8) is 0 Å². The van der Waals surface area contributed by atoms with Crippen LogP contribution in [0.2, 0.25) is 0 Å². The number of hydrogen-bond donors (Lipinski definition) is 0. The van der Waals surface area contributed by atoms with Crippen molar-refractivity contribution in [2.24, 2.45) is 5.92 Å². The largest absolute Gasteiger partial charge is 0.357 e. The minimum absolute atomic E-state index is 0.108. The predicted octanol–water partition coefficient (Wildman–Crippen LogP) is 1.12. The van der Waals surface area contributed by atoms with Crippen LogP contribution >= 0.6 is 0 Å². The number of anilines is 1. The van der Waals surface area contributed by atoms with E-state index in [4.69, 9.17) is 0 Å².